The third-order valence-corrected chi connectivity index (χ3v) is 4.21. The molecule has 0 spiro atoms. The number of nitrogens with zero attached hydrogens (tertiary/aromatic N) is 3. The second-order valence-corrected chi connectivity index (χ2v) is 5.68. The fraction of sp³-hybridized carbons (Fsp3) is 0.353. The number of aryl methyl sites for hydroxylation is 1. The number of hydrogen-bond acceptors (Lipinski definition) is 5. The molecule has 0 radical (unpaired) electrons. The first-order valence-corrected chi connectivity index (χ1v) is 7.29. The Morgan fingerprint density at radius 2 is 1.95 bits per heavy atom. The summed E-state index contributed by atoms with van der Waals surface area (Å²) >= 11 is 0. The Morgan fingerprint density at radius 3 is 2.68 bits per heavy atom. The average Bonchev–Trinajstić information content (AvgIpc) is 2.48. The Labute approximate surface area is 130 Å². The van der Waals surface area contributed by atoms with Crippen LogP contribution in [0.2, 0.25) is 0 Å². The zero-order valence-corrected chi connectivity index (χ0v) is 13.3. The van der Waals surface area contributed by atoms with Crippen molar-refractivity contribution in [3.05, 3.63) is 40.6 Å². The van der Waals surface area contributed by atoms with Crippen LogP contribution >= 0.6 is 0 Å². The Bertz CT molecular complexity index is 743. The van der Waals surface area contributed by atoms with Crippen molar-refractivity contribution >= 4 is 17.9 Å². The molecule has 2 aliphatic rings. The highest BCUT2D eigenvalue weighted by Gasteiger charge is 2.34. The molecule has 0 amide bonds. The van der Waals surface area contributed by atoms with Crippen molar-refractivity contribution < 1.29 is 4.74 Å². The lowest BCUT2D eigenvalue weighted by Crippen LogP contribution is -2.41. The minimum Gasteiger partial charge on any atom is -0.496 e. The molecule has 2 unspecified atom stereocenters. The molecule has 114 valence electrons. The Balaban J connectivity index is 2.18. The fourth-order valence-electron chi connectivity index (χ4n) is 3.13. The summed E-state index contributed by atoms with van der Waals surface area (Å²) < 4.78 is 5.46. The van der Waals surface area contributed by atoms with E-state index in [4.69, 9.17) is 15.5 Å². The lowest BCUT2D eigenvalue weighted by molar-refractivity contribution is 0.411. The Kier molecular flexibility index (Phi) is 3.56. The second-order valence-electron chi connectivity index (χ2n) is 5.68. The van der Waals surface area contributed by atoms with Crippen molar-refractivity contribution in [2.24, 2.45) is 26.6 Å². The molecule has 5 nitrogen and oxygen atoms in total. The highest BCUT2D eigenvalue weighted by molar-refractivity contribution is 6.12. The van der Waals surface area contributed by atoms with Crippen LogP contribution in [-0.4, -0.2) is 31.0 Å². The highest BCUT2D eigenvalue weighted by atomic mass is 16.5. The summed E-state index contributed by atoms with van der Waals surface area (Å²) in [7, 11) is 1.68. The SMILES string of the molecule is COc1ccc(C)c(C2=NC(C)=CC3C(N)=NC=NC23)c1C. The van der Waals surface area contributed by atoms with Gasteiger partial charge in [0.2, 0.25) is 0 Å². The average molecular weight is 296 g/mol. The van der Waals surface area contributed by atoms with E-state index < -0.39 is 0 Å². The number of rotatable bonds is 2. The normalized spacial score (nSPS) is 23.4. The smallest absolute Gasteiger partial charge is 0.122 e. The number of amidine groups is 1. The van der Waals surface area contributed by atoms with Crippen LogP contribution in [0.1, 0.15) is 23.6 Å². The number of ether oxygens (including phenoxy) is 1. The lowest BCUT2D eigenvalue weighted by atomic mass is 9.84. The Hall–Kier alpha value is -2.43. The second kappa shape index (κ2) is 5.40. The summed E-state index contributed by atoms with van der Waals surface area (Å²) in [5.41, 5.74) is 11.3. The summed E-state index contributed by atoms with van der Waals surface area (Å²) in [5.74, 6) is 1.42. The van der Waals surface area contributed by atoms with E-state index in [-0.39, 0.29) is 12.0 Å². The topological polar surface area (TPSA) is 72.3 Å². The Morgan fingerprint density at radius 1 is 1.18 bits per heavy atom. The van der Waals surface area contributed by atoms with Gasteiger partial charge < -0.3 is 10.5 Å². The molecule has 2 aliphatic heterocycles. The fourth-order valence-corrected chi connectivity index (χ4v) is 3.13. The molecule has 0 aliphatic carbocycles. The predicted octanol–water partition coefficient (Wildman–Crippen LogP) is 2.40. The van der Waals surface area contributed by atoms with Gasteiger partial charge in [-0.3, -0.25) is 9.98 Å². The van der Waals surface area contributed by atoms with Crippen molar-refractivity contribution in [1.29, 1.82) is 0 Å². The van der Waals surface area contributed by atoms with Gasteiger partial charge in [0.05, 0.1) is 18.7 Å². The standard InChI is InChI=1S/C17H20N4O/c1-9-5-6-13(22-4)11(3)14(9)16-15-12(7-10(2)21-16)17(18)20-8-19-15/h5-8,12,15H,1-4H3,(H2,18,19,20). The summed E-state index contributed by atoms with van der Waals surface area (Å²) in [5, 5.41) is 0. The van der Waals surface area contributed by atoms with E-state index >= 15 is 0 Å². The van der Waals surface area contributed by atoms with Crippen molar-refractivity contribution in [1.82, 2.24) is 0 Å². The third-order valence-electron chi connectivity index (χ3n) is 4.21. The van der Waals surface area contributed by atoms with Crippen molar-refractivity contribution in [3.63, 3.8) is 0 Å². The molecule has 2 heterocycles. The van der Waals surface area contributed by atoms with E-state index in [1.54, 1.807) is 7.11 Å². The van der Waals surface area contributed by atoms with Gasteiger partial charge in [0.15, 0.2) is 0 Å². The zero-order valence-electron chi connectivity index (χ0n) is 13.3. The van der Waals surface area contributed by atoms with E-state index in [0.29, 0.717) is 5.84 Å². The first-order valence-electron chi connectivity index (χ1n) is 7.29. The molecule has 2 N–H and O–H groups in total. The molecular weight excluding hydrogens is 276 g/mol. The van der Waals surface area contributed by atoms with Gasteiger partial charge in [-0.05, 0) is 32.4 Å². The molecule has 0 saturated carbocycles. The van der Waals surface area contributed by atoms with Gasteiger partial charge in [-0.25, -0.2) is 4.99 Å². The van der Waals surface area contributed by atoms with E-state index in [1.807, 2.05) is 19.1 Å². The van der Waals surface area contributed by atoms with E-state index in [2.05, 4.69) is 29.9 Å². The zero-order chi connectivity index (χ0) is 15.9. The summed E-state index contributed by atoms with van der Waals surface area (Å²) in [4.78, 5) is 13.4. The van der Waals surface area contributed by atoms with Crippen LogP contribution in [0.5, 0.6) is 5.75 Å². The molecule has 0 aromatic heterocycles. The van der Waals surface area contributed by atoms with Crippen LogP contribution < -0.4 is 10.5 Å². The molecule has 1 aromatic carbocycles. The van der Waals surface area contributed by atoms with Gasteiger partial charge in [-0.2, -0.15) is 0 Å². The number of fused-ring (bicyclic) bond motifs is 1. The van der Waals surface area contributed by atoms with Crippen LogP contribution in [-0.2, 0) is 0 Å². The van der Waals surface area contributed by atoms with E-state index in [1.165, 1.54) is 6.34 Å². The molecule has 22 heavy (non-hydrogen) atoms. The molecule has 1 aromatic rings. The van der Waals surface area contributed by atoms with Gasteiger partial charge in [0, 0.05) is 16.8 Å². The summed E-state index contributed by atoms with van der Waals surface area (Å²) in [6, 6.07) is 3.92. The van der Waals surface area contributed by atoms with Crippen LogP contribution in [0.4, 0.5) is 0 Å². The highest BCUT2D eigenvalue weighted by Crippen LogP contribution is 2.32. The predicted molar refractivity (Wildman–Crippen MR) is 90.2 cm³/mol. The molecule has 0 saturated heterocycles. The summed E-state index contributed by atoms with van der Waals surface area (Å²) in [6.45, 7) is 6.11. The van der Waals surface area contributed by atoms with Gasteiger partial charge in [-0.1, -0.05) is 12.1 Å². The number of benzene rings is 1. The minimum absolute atomic E-state index is 0.0255. The maximum absolute atomic E-state index is 6.06. The summed E-state index contributed by atoms with van der Waals surface area (Å²) in [6.07, 6.45) is 3.57. The van der Waals surface area contributed by atoms with Crippen LogP contribution in [0.25, 0.3) is 0 Å². The van der Waals surface area contributed by atoms with Gasteiger partial charge in [0.25, 0.3) is 0 Å². The monoisotopic (exact) mass is 296 g/mol. The van der Waals surface area contributed by atoms with Crippen LogP contribution in [0, 0.1) is 19.8 Å². The third kappa shape index (κ3) is 2.22. The van der Waals surface area contributed by atoms with Gasteiger partial charge in [0.1, 0.15) is 24.0 Å². The van der Waals surface area contributed by atoms with Crippen molar-refractivity contribution in [2.45, 2.75) is 26.8 Å². The molecule has 2 atom stereocenters. The minimum atomic E-state index is -0.120. The van der Waals surface area contributed by atoms with E-state index in [0.717, 1.165) is 33.8 Å². The van der Waals surface area contributed by atoms with E-state index in [9.17, 15) is 0 Å². The maximum atomic E-state index is 6.06. The first kappa shape index (κ1) is 14.5. The number of nitrogens with two attached hydrogens (primary N) is 1. The number of methoxy groups -OCH3 is 1. The number of hydrogen-bond donors (Lipinski definition) is 1. The molecule has 3 rings (SSSR count). The molecule has 5 heteroatoms. The van der Waals surface area contributed by atoms with Crippen LogP contribution in [0.3, 0.4) is 0 Å². The quantitative estimate of drug-likeness (QED) is 0.910. The van der Waals surface area contributed by atoms with Crippen molar-refractivity contribution in [2.75, 3.05) is 7.11 Å². The largest absolute Gasteiger partial charge is 0.496 e. The number of allylic oxidation sites excluding steroid dienone is 1. The lowest BCUT2D eigenvalue weighted by Gasteiger charge is -2.30. The van der Waals surface area contributed by atoms with Gasteiger partial charge in [-0.15, -0.1) is 0 Å². The number of aliphatic imine (C=N–C) groups is 3. The molecule has 0 bridgehead atoms. The first-order chi connectivity index (χ1) is 10.5. The molecular formula is C17H20N4O. The van der Waals surface area contributed by atoms with Crippen molar-refractivity contribution in [3.8, 4) is 5.75 Å². The molecule has 0 fully saturated rings. The van der Waals surface area contributed by atoms with Crippen LogP contribution in [0.15, 0.2) is 38.9 Å². The van der Waals surface area contributed by atoms with Gasteiger partial charge >= 0.3 is 0 Å². The maximum Gasteiger partial charge on any atom is 0.122 e.